The van der Waals surface area contributed by atoms with E-state index in [4.69, 9.17) is 4.74 Å². The van der Waals surface area contributed by atoms with Crippen molar-refractivity contribution in [1.82, 2.24) is 4.98 Å². The second kappa shape index (κ2) is 4.48. The molecule has 0 aliphatic rings. The number of halogens is 2. The number of carbonyl (C=O) groups excluding carboxylic acids is 1. The molecule has 3 nitrogen and oxygen atoms in total. The van der Waals surface area contributed by atoms with Gasteiger partial charge in [0.15, 0.2) is 0 Å². The number of carbonyl (C=O) groups is 1. The summed E-state index contributed by atoms with van der Waals surface area (Å²) in [7, 11) is 1.32. The van der Waals surface area contributed by atoms with Crippen molar-refractivity contribution in [3.8, 4) is 0 Å². The summed E-state index contributed by atoms with van der Waals surface area (Å²) in [5.74, 6) is -0.762. The summed E-state index contributed by atoms with van der Waals surface area (Å²) >= 11 is 2.08. The van der Waals surface area contributed by atoms with Crippen LogP contribution in [0.3, 0.4) is 0 Å². The smallest absolute Gasteiger partial charge is 0.355 e. The van der Waals surface area contributed by atoms with Crippen LogP contribution in [0.5, 0.6) is 0 Å². The van der Waals surface area contributed by atoms with Gasteiger partial charge in [-0.3, -0.25) is 0 Å². The van der Waals surface area contributed by atoms with Crippen molar-refractivity contribution >= 4 is 50.2 Å². The van der Waals surface area contributed by atoms with Crippen LogP contribution >= 0.6 is 22.6 Å². The van der Waals surface area contributed by atoms with Gasteiger partial charge >= 0.3 is 5.97 Å². The van der Waals surface area contributed by atoms with Gasteiger partial charge in [0.25, 0.3) is 0 Å². The van der Waals surface area contributed by atoms with Crippen LogP contribution in [0.4, 0.5) is 4.39 Å². The molecule has 0 spiro atoms. The quantitative estimate of drug-likeness (QED) is 0.523. The van der Waals surface area contributed by atoms with Crippen molar-refractivity contribution in [3.63, 3.8) is 0 Å². The van der Waals surface area contributed by atoms with Gasteiger partial charge in [0, 0.05) is 10.8 Å². The molecule has 0 bridgehead atoms. The minimum absolute atomic E-state index is 0.308. The molecule has 0 saturated carbocycles. The van der Waals surface area contributed by atoms with E-state index in [1.807, 2.05) is 12.1 Å². The van der Waals surface area contributed by atoms with Crippen LogP contribution in [0.1, 0.15) is 10.5 Å². The predicted octanol–water partition coefficient (Wildman–Crippen LogP) is 3.85. The maximum absolute atomic E-state index is 14.0. The largest absolute Gasteiger partial charge is 0.464 e. The van der Waals surface area contributed by atoms with Gasteiger partial charge in [0.2, 0.25) is 0 Å². The van der Waals surface area contributed by atoms with E-state index in [0.29, 0.717) is 16.6 Å². The molecule has 0 amide bonds. The van der Waals surface area contributed by atoms with Crippen LogP contribution in [0.2, 0.25) is 0 Å². The first-order chi connectivity index (χ1) is 9.13. The second-order valence-electron chi connectivity index (χ2n) is 4.13. The lowest BCUT2D eigenvalue weighted by Crippen LogP contribution is -2.02. The summed E-state index contributed by atoms with van der Waals surface area (Å²) in [6, 6.07) is 8.62. The van der Waals surface area contributed by atoms with Crippen molar-refractivity contribution in [2.24, 2.45) is 0 Å². The van der Waals surface area contributed by atoms with Gasteiger partial charge in [-0.05, 0) is 34.0 Å². The summed E-state index contributed by atoms with van der Waals surface area (Å²) in [5, 5.41) is 2.18. The zero-order chi connectivity index (χ0) is 13.6. The minimum Gasteiger partial charge on any atom is -0.464 e. The fourth-order valence-corrected chi connectivity index (χ4v) is 3.16. The number of fused-ring (bicyclic) bond motifs is 3. The van der Waals surface area contributed by atoms with Crippen LogP contribution in [0.25, 0.3) is 21.7 Å². The summed E-state index contributed by atoms with van der Waals surface area (Å²) in [5.41, 5.74) is 0.954. The summed E-state index contributed by atoms with van der Waals surface area (Å²) < 4.78 is 19.5. The zero-order valence-corrected chi connectivity index (χ0v) is 12.1. The molecule has 0 aliphatic carbocycles. The lowest BCUT2D eigenvalue weighted by molar-refractivity contribution is 0.0594. The normalized spacial score (nSPS) is 11.1. The number of rotatable bonds is 1. The third-order valence-electron chi connectivity index (χ3n) is 3.08. The van der Waals surface area contributed by atoms with Crippen LogP contribution in [0, 0.1) is 9.39 Å². The van der Waals surface area contributed by atoms with Gasteiger partial charge in [-0.25, -0.2) is 9.18 Å². The Hall–Kier alpha value is -1.63. The topological polar surface area (TPSA) is 42.1 Å². The van der Waals surface area contributed by atoms with E-state index in [9.17, 15) is 9.18 Å². The second-order valence-corrected chi connectivity index (χ2v) is 5.21. The van der Waals surface area contributed by atoms with Gasteiger partial charge in [-0.1, -0.05) is 24.3 Å². The van der Waals surface area contributed by atoms with E-state index in [0.717, 1.165) is 14.3 Å². The number of benzene rings is 2. The number of esters is 1. The first kappa shape index (κ1) is 12.4. The molecule has 1 heterocycles. The summed E-state index contributed by atoms with van der Waals surface area (Å²) in [6.45, 7) is 0. The molecule has 0 aliphatic heterocycles. The van der Waals surface area contributed by atoms with Gasteiger partial charge in [0.1, 0.15) is 11.5 Å². The van der Waals surface area contributed by atoms with Crippen molar-refractivity contribution in [2.45, 2.75) is 0 Å². The van der Waals surface area contributed by atoms with Crippen LogP contribution < -0.4 is 0 Å². The highest BCUT2D eigenvalue weighted by Crippen LogP contribution is 2.33. The Morgan fingerprint density at radius 2 is 2.00 bits per heavy atom. The average Bonchev–Trinajstić information content (AvgIpc) is 2.75. The zero-order valence-electron chi connectivity index (χ0n) is 9.96. The molecule has 0 atom stereocenters. The van der Waals surface area contributed by atoms with Gasteiger partial charge < -0.3 is 9.72 Å². The highest BCUT2D eigenvalue weighted by atomic mass is 127. The number of methoxy groups -OCH3 is 1. The monoisotopic (exact) mass is 369 g/mol. The Balaban J connectivity index is 2.48. The first-order valence-electron chi connectivity index (χ1n) is 5.60. The van der Waals surface area contributed by atoms with Crippen molar-refractivity contribution in [2.75, 3.05) is 7.11 Å². The van der Waals surface area contributed by atoms with Crippen molar-refractivity contribution in [3.05, 3.63) is 45.4 Å². The van der Waals surface area contributed by atoms with E-state index in [-0.39, 0.29) is 5.82 Å². The maximum atomic E-state index is 14.0. The fourth-order valence-electron chi connectivity index (χ4n) is 2.22. The molecule has 0 saturated heterocycles. The minimum atomic E-state index is -0.454. The standard InChI is InChI=1S/C14H9FINO2/c1-19-14(18)13-12(16)11-8-5-3-2-4-7(8)9(15)6-10(11)17-13/h2-6,17H,1H3. The lowest BCUT2D eigenvalue weighted by Gasteiger charge is -2.01. The van der Waals surface area contributed by atoms with Crippen molar-refractivity contribution in [1.29, 1.82) is 0 Å². The van der Waals surface area contributed by atoms with Crippen molar-refractivity contribution < 1.29 is 13.9 Å². The van der Waals surface area contributed by atoms with Crippen LogP contribution in [-0.4, -0.2) is 18.1 Å². The van der Waals surface area contributed by atoms with E-state index in [1.54, 1.807) is 12.1 Å². The van der Waals surface area contributed by atoms with E-state index in [2.05, 4.69) is 27.6 Å². The van der Waals surface area contributed by atoms with Gasteiger partial charge in [0.05, 0.1) is 16.2 Å². The molecule has 3 aromatic rings. The summed E-state index contributed by atoms with van der Waals surface area (Å²) in [4.78, 5) is 14.6. The number of aromatic nitrogens is 1. The van der Waals surface area contributed by atoms with Gasteiger partial charge in [-0.15, -0.1) is 0 Å². The Bertz CT molecular complexity index is 810. The number of hydrogen-bond acceptors (Lipinski definition) is 2. The third kappa shape index (κ3) is 1.80. The number of aromatic amines is 1. The molecule has 0 fully saturated rings. The Labute approximate surface area is 121 Å². The molecular formula is C14H9FINO2. The Morgan fingerprint density at radius 3 is 2.68 bits per heavy atom. The Morgan fingerprint density at radius 1 is 1.32 bits per heavy atom. The van der Waals surface area contributed by atoms with Crippen LogP contribution in [0.15, 0.2) is 30.3 Å². The van der Waals surface area contributed by atoms with E-state index in [1.165, 1.54) is 13.2 Å². The van der Waals surface area contributed by atoms with E-state index >= 15 is 0 Å². The summed E-state index contributed by atoms with van der Waals surface area (Å²) in [6.07, 6.45) is 0. The first-order valence-corrected chi connectivity index (χ1v) is 6.68. The average molecular weight is 369 g/mol. The molecule has 5 heteroatoms. The predicted molar refractivity (Wildman–Crippen MR) is 79.8 cm³/mol. The molecule has 1 N–H and O–H groups in total. The molecular weight excluding hydrogens is 360 g/mol. The third-order valence-corrected chi connectivity index (χ3v) is 4.16. The molecule has 3 rings (SSSR count). The molecule has 19 heavy (non-hydrogen) atoms. The molecule has 2 aromatic carbocycles. The SMILES string of the molecule is COC(=O)c1[nH]c2cc(F)c3ccccc3c2c1I. The van der Waals surface area contributed by atoms with E-state index < -0.39 is 5.97 Å². The van der Waals surface area contributed by atoms with Gasteiger partial charge in [-0.2, -0.15) is 0 Å². The number of nitrogens with one attached hydrogen (secondary N) is 1. The lowest BCUT2D eigenvalue weighted by atomic mass is 10.1. The number of ether oxygens (including phenoxy) is 1. The molecule has 0 radical (unpaired) electrons. The maximum Gasteiger partial charge on any atom is 0.355 e. The highest BCUT2D eigenvalue weighted by Gasteiger charge is 2.19. The molecule has 0 unspecified atom stereocenters. The fraction of sp³-hybridized carbons (Fsp3) is 0.0714. The Kier molecular flexibility index (Phi) is 2.93. The molecule has 1 aromatic heterocycles. The molecule has 96 valence electrons. The number of hydrogen-bond donors (Lipinski definition) is 1. The van der Waals surface area contributed by atoms with Crippen LogP contribution in [-0.2, 0) is 4.74 Å². The number of H-pyrrole nitrogens is 1. The highest BCUT2D eigenvalue weighted by molar-refractivity contribution is 14.1.